The Bertz CT molecular complexity index is 398. The average molecular weight is 209 g/mol. The molecule has 0 aliphatic heterocycles. The summed E-state index contributed by atoms with van der Waals surface area (Å²) in [7, 11) is 0. The molecule has 3 heteroatoms. The van der Waals surface area contributed by atoms with Crippen molar-refractivity contribution in [1.82, 2.24) is 5.73 Å². The van der Waals surface area contributed by atoms with Crippen molar-refractivity contribution in [2.24, 2.45) is 0 Å². The lowest BCUT2D eigenvalue weighted by atomic mass is 9.79. The van der Waals surface area contributed by atoms with Gasteiger partial charge in [0.05, 0.1) is 5.54 Å². The SMILES string of the molecule is CC1([NH])CCc2cc(Cl)ccc2C1=O. The summed E-state index contributed by atoms with van der Waals surface area (Å²) < 4.78 is 0. The standard InChI is InChI=1S/C11H11ClNO/c1-11(13)5-4-7-6-8(12)2-3-9(7)10(11)14/h2-3,6,13H,4-5H2,1H3. The van der Waals surface area contributed by atoms with E-state index in [0.29, 0.717) is 17.0 Å². The van der Waals surface area contributed by atoms with Gasteiger partial charge in [0.15, 0.2) is 5.78 Å². The number of ketones is 1. The molecule has 0 bridgehead atoms. The minimum absolute atomic E-state index is 0.0876. The summed E-state index contributed by atoms with van der Waals surface area (Å²) in [6.45, 7) is 1.67. The van der Waals surface area contributed by atoms with E-state index in [9.17, 15) is 4.79 Å². The van der Waals surface area contributed by atoms with Crippen LogP contribution in [0, 0.1) is 0 Å². The molecule has 1 radical (unpaired) electrons. The molecular weight excluding hydrogens is 198 g/mol. The highest BCUT2D eigenvalue weighted by Gasteiger charge is 2.35. The van der Waals surface area contributed by atoms with E-state index < -0.39 is 5.54 Å². The van der Waals surface area contributed by atoms with Crippen molar-refractivity contribution >= 4 is 17.4 Å². The maximum Gasteiger partial charge on any atom is 0.184 e. The van der Waals surface area contributed by atoms with Crippen LogP contribution in [0.5, 0.6) is 0 Å². The molecule has 0 fully saturated rings. The molecule has 0 heterocycles. The third-order valence-corrected chi connectivity index (χ3v) is 2.94. The van der Waals surface area contributed by atoms with E-state index in [1.165, 1.54) is 0 Å². The fourth-order valence-corrected chi connectivity index (χ4v) is 1.98. The first-order chi connectivity index (χ1) is 6.50. The van der Waals surface area contributed by atoms with Crippen LogP contribution < -0.4 is 5.73 Å². The molecule has 0 spiro atoms. The summed E-state index contributed by atoms with van der Waals surface area (Å²) >= 11 is 5.84. The molecule has 1 unspecified atom stereocenters. The third kappa shape index (κ3) is 1.45. The second-order valence-corrected chi connectivity index (χ2v) is 4.40. The summed E-state index contributed by atoms with van der Waals surface area (Å²) in [6.07, 6.45) is 1.35. The van der Waals surface area contributed by atoms with Gasteiger partial charge in [-0.1, -0.05) is 11.6 Å². The highest BCUT2D eigenvalue weighted by atomic mass is 35.5. The minimum Gasteiger partial charge on any atom is -0.292 e. The van der Waals surface area contributed by atoms with Crippen molar-refractivity contribution in [3.8, 4) is 0 Å². The fourth-order valence-electron chi connectivity index (χ4n) is 1.79. The van der Waals surface area contributed by atoms with Gasteiger partial charge < -0.3 is 0 Å². The van der Waals surface area contributed by atoms with Crippen LogP contribution in [0.25, 0.3) is 0 Å². The molecule has 2 rings (SSSR count). The maximum atomic E-state index is 11.8. The zero-order valence-electron chi connectivity index (χ0n) is 7.93. The molecule has 1 aromatic carbocycles. The first kappa shape index (κ1) is 9.69. The summed E-state index contributed by atoms with van der Waals surface area (Å²) in [5, 5.41) is 0.658. The predicted molar refractivity (Wildman–Crippen MR) is 55.6 cm³/mol. The summed E-state index contributed by atoms with van der Waals surface area (Å²) in [5.74, 6) is -0.0876. The zero-order chi connectivity index (χ0) is 10.3. The summed E-state index contributed by atoms with van der Waals surface area (Å²) in [4.78, 5) is 11.8. The molecule has 1 aromatic rings. The minimum atomic E-state index is -0.958. The molecule has 1 N–H and O–H groups in total. The van der Waals surface area contributed by atoms with Crippen molar-refractivity contribution in [2.45, 2.75) is 25.3 Å². The maximum absolute atomic E-state index is 11.8. The number of aryl methyl sites for hydroxylation is 1. The lowest BCUT2D eigenvalue weighted by Crippen LogP contribution is -2.41. The molecule has 1 atom stereocenters. The molecule has 0 aromatic heterocycles. The van der Waals surface area contributed by atoms with Gasteiger partial charge in [0.2, 0.25) is 0 Å². The average Bonchev–Trinajstić information content (AvgIpc) is 2.12. The molecule has 1 aliphatic carbocycles. The molecule has 14 heavy (non-hydrogen) atoms. The number of rotatable bonds is 0. The Kier molecular flexibility index (Phi) is 2.13. The van der Waals surface area contributed by atoms with Gasteiger partial charge in [0.25, 0.3) is 0 Å². The van der Waals surface area contributed by atoms with Crippen molar-refractivity contribution in [1.29, 1.82) is 0 Å². The molecule has 0 saturated carbocycles. The van der Waals surface area contributed by atoms with Crippen LogP contribution in [0.3, 0.4) is 0 Å². The smallest absolute Gasteiger partial charge is 0.184 e. The van der Waals surface area contributed by atoms with Gasteiger partial charge in [0, 0.05) is 10.6 Å². The monoisotopic (exact) mass is 208 g/mol. The van der Waals surface area contributed by atoms with E-state index >= 15 is 0 Å². The molecule has 1 aliphatic rings. The van der Waals surface area contributed by atoms with E-state index in [0.717, 1.165) is 12.0 Å². The normalized spacial score (nSPS) is 26.1. The second kappa shape index (κ2) is 3.07. The van der Waals surface area contributed by atoms with Crippen LogP contribution in [-0.2, 0) is 6.42 Å². The van der Waals surface area contributed by atoms with Crippen LogP contribution in [0.2, 0.25) is 5.02 Å². The lowest BCUT2D eigenvalue weighted by Gasteiger charge is -2.28. The van der Waals surface area contributed by atoms with Gasteiger partial charge in [-0.05, 0) is 43.5 Å². The first-order valence-corrected chi connectivity index (χ1v) is 4.97. The molecule has 0 saturated heterocycles. The van der Waals surface area contributed by atoms with Gasteiger partial charge >= 0.3 is 0 Å². The predicted octanol–water partition coefficient (Wildman–Crippen LogP) is 2.51. The van der Waals surface area contributed by atoms with E-state index in [4.69, 9.17) is 17.3 Å². The molecular formula is C11H11ClNO. The Morgan fingerprint density at radius 2 is 2.21 bits per heavy atom. The number of Topliss-reactive ketones (excluding diaryl/α,β-unsaturated/α-hetero) is 1. The van der Waals surface area contributed by atoms with Gasteiger partial charge in [-0.15, -0.1) is 0 Å². The number of fused-ring (bicyclic) bond motifs is 1. The zero-order valence-corrected chi connectivity index (χ0v) is 8.69. The number of benzene rings is 1. The number of carbonyl (C=O) groups is 1. The first-order valence-electron chi connectivity index (χ1n) is 4.59. The van der Waals surface area contributed by atoms with E-state index in [-0.39, 0.29) is 5.78 Å². The molecule has 0 amide bonds. The number of nitrogens with one attached hydrogen (secondary N) is 1. The van der Waals surface area contributed by atoms with Gasteiger partial charge in [-0.3, -0.25) is 4.79 Å². The largest absolute Gasteiger partial charge is 0.292 e. The molecule has 73 valence electrons. The van der Waals surface area contributed by atoms with Crippen LogP contribution in [0.4, 0.5) is 0 Å². The van der Waals surface area contributed by atoms with Gasteiger partial charge in [-0.25, -0.2) is 5.73 Å². The van der Waals surface area contributed by atoms with Gasteiger partial charge in [-0.2, -0.15) is 0 Å². The number of carbonyl (C=O) groups excluding carboxylic acids is 1. The van der Waals surface area contributed by atoms with Crippen molar-refractivity contribution < 1.29 is 4.79 Å². The number of hydrogen-bond acceptors (Lipinski definition) is 1. The highest BCUT2D eigenvalue weighted by molar-refractivity contribution is 6.30. The number of halogens is 1. The Labute approximate surface area is 88.1 Å². The van der Waals surface area contributed by atoms with E-state index in [2.05, 4.69) is 0 Å². The summed E-state index contributed by atoms with van der Waals surface area (Å²) in [5.41, 5.74) is 8.52. The van der Waals surface area contributed by atoms with Crippen molar-refractivity contribution in [3.05, 3.63) is 34.3 Å². The second-order valence-electron chi connectivity index (χ2n) is 3.96. The van der Waals surface area contributed by atoms with Gasteiger partial charge in [0.1, 0.15) is 0 Å². The molecule has 2 nitrogen and oxygen atoms in total. The van der Waals surface area contributed by atoms with E-state index in [1.807, 2.05) is 6.07 Å². The van der Waals surface area contributed by atoms with Crippen molar-refractivity contribution in [3.63, 3.8) is 0 Å². The summed E-state index contributed by atoms with van der Waals surface area (Å²) in [6, 6.07) is 5.26. The van der Waals surface area contributed by atoms with E-state index in [1.54, 1.807) is 19.1 Å². The lowest BCUT2D eigenvalue weighted by molar-refractivity contribution is 0.0875. The van der Waals surface area contributed by atoms with Crippen LogP contribution in [0.15, 0.2) is 18.2 Å². The Morgan fingerprint density at radius 1 is 1.50 bits per heavy atom. The topological polar surface area (TPSA) is 40.9 Å². The quantitative estimate of drug-likeness (QED) is 0.646. The Balaban J connectivity index is 2.52. The Hall–Kier alpha value is -0.860. The third-order valence-electron chi connectivity index (χ3n) is 2.71. The number of hydrogen-bond donors (Lipinski definition) is 0. The van der Waals surface area contributed by atoms with Crippen molar-refractivity contribution in [2.75, 3.05) is 0 Å². The highest BCUT2D eigenvalue weighted by Crippen LogP contribution is 2.29. The van der Waals surface area contributed by atoms with Crippen LogP contribution in [0.1, 0.15) is 29.3 Å². The fraction of sp³-hybridized carbons (Fsp3) is 0.364. The van der Waals surface area contributed by atoms with Crippen LogP contribution in [-0.4, -0.2) is 11.3 Å². The Morgan fingerprint density at radius 3 is 2.93 bits per heavy atom. The van der Waals surface area contributed by atoms with Crippen LogP contribution >= 0.6 is 11.6 Å².